The third kappa shape index (κ3) is 4.26. The summed E-state index contributed by atoms with van der Waals surface area (Å²) < 4.78 is 1.92. The van der Waals surface area contributed by atoms with Crippen LogP contribution >= 0.6 is 11.3 Å². The lowest BCUT2D eigenvalue weighted by molar-refractivity contribution is -0.121. The number of amides is 2. The van der Waals surface area contributed by atoms with Crippen molar-refractivity contribution >= 4 is 23.2 Å². The van der Waals surface area contributed by atoms with E-state index in [0.717, 1.165) is 21.8 Å². The Morgan fingerprint density at radius 2 is 2.20 bits per heavy atom. The van der Waals surface area contributed by atoms with Crippen LogP contribution in [0, 0.1) is 6.92 Å². The second-order valence-corrected chi connectivity index (χ2v) is 7.21. The number of aliphatic hydroxyl groups is 1. The number of aliphatic hydroxyl groups excluding tert-OH is 1. The molecular formula is C17H22N4O3S. The summed E-state index contributed by atoms with van der Waals surface area (Å²) in [5.41, 5.74) is 2.60. The molecule has 0 radical (unpaired) electrons. The van der Waals surface area contributed by atoms with Gasteiger partial charge in [-0.15, -0.1) is 11.3 Å². The fourth-order valence-electron chi connectivity index (χ4n) is 2.88. The number of nitrogens with zero attached hydrogens (tertiary/aromatic N) is 3. The molecule has 134 valence electrons. The van der Waals surface area contributed by atoms with Gasteiger partial charge in [0, 0.05) is 36.2 Å². The summed E-state index contributed by atoms with van der Waals surface area (Å²) in [6.07, 6.45) is 0.891. The van der Waals surface area contributed by atoms with Crippen molar-refractivity contribution in [2.24, 2.45) is 0 Å². The number of hydrogen-bond donors (Lipinski definition) is 2. The molecular weight excluding hydrogens is 340 g/mol. The van der Waals surface area contributed by atoms with Crippen molar-refractivity contribution < 1.29 is 14.7 Å². The van der Waals surface area contributed by atoms with Gasteiger partial charge >= 0.3 is 0 Å². The summed E-state index contributed by atoms with van der Waals surface area (Å²) in [5, 5.41) is 17.8. The molecule has 0 saturated carbocycles. The third-order valence-corrected chi connectivity index (χ3v) is 5.02. The highest BCUT2D eigenvalue weighted by molar-refractivity contribution is 7.10. The molecule has 0 unspecified atom stereocenters. The Bertz CT molecular complexity index is 768. The van der Waals surface area contributed by atoms with Crippen LogP contribution in [0.2, 0.25) is 0 Å². The summed E-state index contributed by atoms with van der Waals surface area (Å²) >= 11 is 1.58. The fourth-order valence-corrected chi connectivity index (χ4v) is 3.56. The monoisotopic (exact) mass is 362 g/mol. The number of thiophene rings is 1. The number of nitrogens with one attached hydrogen (secondary N) is 1. The van der Waals surface area contributed by atoms with E-state index in [1.54, 1.807) is 11.3 Å². The molecule has 0 fully saturated rings. The first-order chi connectivity index (χ1) is 12.1. The molecule has 2 amide bonds. The van der Waals surface area contributed by atoms with Crippen molar-refractivity contribution in [3.8, 4) is 0 Å². The fraction of sp³-hybridized carbons (Fsp3) is 0.471. The second kappa shape index (κ2) is 7.79. The minimum absolute atomic E-state index is 0.0572. The average Bonchev–Trinajstić information content (AvgIpc) is 3.22. The summed E-state index contributed by atoms with van der Waals surface area (Å²) in [4.78, 5) is 27.2. The first-order valence-electron chi connectivity index (χ1n) is 8.34. The van der Waals surface area contributed by atoms with Crippen molar-refractivity contribution in [2.45, 2.75) is 32.9 Å². The van der Waals surface area contributed by atoms with Crippen LogP contribution in [0.3, 0.4) is 0 Å². The number of carbonyl (C=O) groups is 2. The largest absolute Gasteiger partial charge is 0.395 e. The molecule has 0 bridgehead atoms. The highest BCUT2D eigenvalue weighted by Crippen LogP contribution is 2.20. The van der Waals surface area contributed by atoms with E-state index in [2.05, 4.69) is 10.4 Å². The Hall–Kier alpha value is -2.19. The molecule has 8 heteroatoms. The number of aryl methyl sites for hydroxylation is 2. The molecule has 25 heavy (non-hydrogen) atoms. The average molecular weight is 362 g/mol. The Morgan fingerprint density at radius 1 is 1.36 bits per heavy atom. The molecule has 7 nitrogen and oxygen atoms in total. The highest BCUT2D eigenvalue weighted by atomic mass is 32.1. The Labute approximate surface area is 150 Å². The number of carbonyl (C=O) groups excluding carboxylic acids is 2. The lowest BCUT2D eigenvalue weighted by Gasteiger charge is -2.27. The lowest BCUT2D eigenvalue weighted by atomic mass is 10.2. The third-order valence-electron chi connectivity index (χ3n) is 4.16. The zero-order valence-electron chi connectivity index (χ0n) is 14.2. The Balaban J connectivity index is 1.59. The maximum Gasteiger partial charge on any atom is 0.255 e. The molecule has 3 rings (SSSR count). The molecule has 0 atom stereocenters. The second-order valence-electron chi connectivity index (χ2n) is 6.10. The first-order valence-corrected chi connectivity index (χ1v) is 9.22. The van der Waals surface area contributed by atoms with Gasteiger partial charge in [0.05, 0.1) is 36.6 Å². The van der Waals surface area contributed by atoms with Crippen LogP contribution in [0.5, 0.6) is 0 Å². The molecule has 1 aliphatic heterocycles. The lowest BCUT2D eigenvalue weighted by Crippen LogP contribution is -2.38. The van der Waals surface area contributed by atoms with Gasteiger partial charge in [-0.25, -0.2) is 0 Å². The number of hydrogen-bond acceptors (Lipinski definition) is 5. The van der Waals surface area contributed by atoms with Crippen LogP contribution in [0.25, 0.3) is 0 Å². The van der Waals surface area contributed by atoms with E-state index >= 15 is 0 Å². The standard InChI is InChI=1S/C17H22N4O3S/c1-12-8-13(11-25-12)17(24)20-5-6-21-15(10-20)9-14(19-21)2-3-16(23)18-4-7-22/h8-9,11,22H,2-7,10H2,1H3,(H,18,23). The van der Waals surface area contributed by atoms with Gasteiger partial charge in [-0.3, -0.25) is 14.3 Å². The molecule has 0 spiro atoms. The van der Waals surface area contributed by atoms with Crippen LogP contribution in [0.1, 0.15) is 33.0 Å². The number of rotatable bonds is 6. The van der Waals surface area contributed by atoms with Crippen LogP contribution in [0.4, 0.5) is 0 Å². The number of fused-ring (bicyclic) bond motifs is 1. The topological polar surface area (TPSA) is 87.5 Å². The van der Waals surface area contributed by atoms with Gasteiger partial charge in [0.25, 0.3) is 5.91 Å². The summed E-state index contributed by atoms with van der Waals surface area (Å²) in [6.45, 7) is 4.06. The quantitative estimate of drug-likeness (QED) is 0.801. The highest BCUT2D eigenvalue weighted by Gasteiger charge is 2.23. The molecule has 3 heterocycles. The van der Waals surface area contributed by atoms with Gasteiger partial charge in [0.1, 0.15) is 0 Å². The number of aromatic nitrogens is 2. The van der Waals surface area contributed by atoms with Crippen molar-refractivity contribution in [2.75, 3.05) is 19.7 Å². The van der Waals surface area contributed by atoms with E-state index < -0.39 is 0 Å². The van der Waals surface area contributed by atoms with Crippen molar-refractivity contribution in [3.05, 3.63) is 39.3 Å². The van der Waals surface area contributed by atoms with E-state index in [1.807, 2.05) is 34.0 Å². The van der Waals surface area contributed by atoms with Gasteiger partial charge in [-0.05, 0) is 19.1 Å². The van der Waals surface area contributed by atoms with Gasteiger partial charge in [0.15, 0.2) is 0 Å². The zero-order chi connectivity index (χ0) is 17.8. The van der Waals surface area contributed by atoms with E-state index in [1.165, 1.54) is 0 Å². The molecule has 1 aliphatic rings. The van der Waals surface area contributed by atoms with Gasteiger partial charge in [-0.1, -0.05) is 0 Å². The van der Waals surface area contributed by atoms with E-state index in [4.69, 9.17) is 5.11 Å². The van der Waals surface area contributed by atoms with Gasteiger partial charge in [-0.2, -0.15) is 5.10 Å². The molecule has 2 aromatic rings. The van der Waals surface area contributed by atoms with Crippen LogP contribution in [-0.2, 0) is 24.3 Å². The minimum Gasteiger partial charge on any atom is -0.395 e. The smallest absolute Gasteiger partial charge is 0.255 e. The Morgan fingerprint density at radius 3 is 2.92 bits per heavy atom. The van der Waals surface area contributed by atoms with Crippen LogP contribution in [-0.4, -0.2) is 51.3 Å². The van der Waals surface area contributed by atoms with E-state index in [0.29, 0.717) is 32.5 Å². The van der Waals surface area contributed by atoms with Crippen molar-refractivity contribution in [1.82, 2.24) is 20.0 Å². The molecule has 2 aromatic heterocycles. The SMILES string of the molecule is Cc1cc(C(=O)N2CCn3nc(CCC(=O)NCCO)cc3C2)cs1. The normalized spacial score (nSPS) is 13.6. The minimum atomic E-state index is -0.0929. The van der Waals surface area contributed by atoms with Crippen LogP contribution in [0.15, 0.2) is 17.5 Å². The summed E-state index contributed by atoms with van der Waals surface area (Å²) in [5.74, 6) is -0.0358. The van der Waals surface area contributed by atoms with Gasteiger partial charge < -0.3 is 15.3 Å². The Kier molecular flexibility index (Phi) is 5.50. The van der Waals surface area contributed by atoms with Crippen molar-refractivity contribution in [3.63, 3.8) is 0 Å². The molecule has 0 aliphatic carbocycles. The zero-order valence-corrected chi connectivity index (χ0v) is 15.0. The van der Waals surface area contributed by atoms with E-state index in [-0.39, 0.29) is 25.0 Å². The predicted octanol–water partition coefficient (Wildman–Crippen LogP) is 0.950. The molecule has 0 aromatic carbocycles. The van der Waals surface area contributed by atoms with Crippen molar-refractivity contribution in [1.29, 1.82) is 0 Å². The maximum absolute atomic E-state index is 12.6. The van der Waals surface area contributed by atoms with Crippen LogP contribution < -0.4 is 5.32 Å². The maximum atomic E-state index is 12.6. The van der Waals surface area contributed by atoms with E-state index in [9.17, 15) is 9.59 Å². The van der Waals surface area contributed by atoms with Gasteiger partial charge in [0.2, 0.25) is 5.91 Å². The predicted molar refractivity (Wildman–Crippen MR) is 94.4 cm³/mol. The summed E-state index contributed by atoms with van der Waals surface area (Å²) in [7, 11) is 0. The summed E-state index contributed by atoms with van der Waals surface area (Å²) in [6, 6.07) is 3.90. The molecule has 2 N–H and O–H groups in total. The first kappa shape index (κ1) is 17.6. The molecule has 0 saturated heterocycles.